The van der Waals surface area contributed by atoms with Crippen LogP contribution in [0.3, 0.4) is 0 Å². The second-order valence-electron chi connectivity index (χ2n) is 8.19. The van der Waals surface area contributed by atoms with Gasteiger partial charge in [0.1, 0.15) is 11.9 Å². The van der Waals surface area contributed by atoms with Gasteiger partial charge in [0, 0.05) is 38.5 Å². The third-order valence-corrected chi connectivity index (χ3v) is 5.49. The van der Waals surface area contributed by atoms with Gasteiger partial charge in [0.05, 0.1) is 23.7 Å². The average Bonchev–Trinajstić information content (AvgIpc) is 3.08. The molecule has 1 atom stereocenters. The number of hydrogen-bond donors (Lipinski definition) is 1. The first kappa shape index (κ1) is 22.0. The number of nitrogens with zero attached hydrogens (tertiary/aromatic N) is 4. The van der Waals surface area contributed by atoms with Crippen LogP contribution in [0, 0.1) is 0 Å². The number of nitrogens with one attached hydrogen (secondary N) is 1. The molecule has 2 heterocycles. The van der Waals surface area contributed by atoms with Gasteiger partial charge >= 0.3 is 6.01 Å². The van der Waals surface area contributed by atoms with Crippen LogP contribution in [0.15, 0.2) is 36.7 Å². The van der Waals surface area contributed by atoms with Crippen LogP contribution in [0.5, 0.6) is 17.8 Å². The quantitative estimate of drug-likeness (QED) is 0.574. The monoisotopic (exact) mass is 439 g/mol. The summed E-state index contributed by atoms with van der Waals surface area (Å²) in [7, 11) is 1.94. The summed E-state index contributed by atoms with van der Waals surface area (Å²) in [6.45, 7) is 4.00. The zero-order valence-electron chi connectivity index (χ0n) is 18.7. The van der Waals surface area contributed by atoms with E-state index in [-0.39, 0.29) is 24.2 Å². The van der Waals surface area contributed by atoms with Crippen molar-refractivity contribution >= 4 is 16.9 Å². The van der Waals surface area contributed by atoms with Gasteiger partial charge in [-0.1, -0.05) is 0 Å². The Bertz CT molecular complexity index is 1050. The summed E-state index contributed by atoms with van der Waals surface area (Å²) < 4.78 is 19.9. The number of carbonyl (C=O) groups excluding carboxylic acids is 1. The van der Waals surface area contributed by atoms with Crippen LogP contribution in [0.2, 0.25) is 0 Å². The Morgan fingerprint density at radius 1 is 1.19 bits per heavy atom. The number of ether oxygens (including phenoxy) is 3. The molecule has 1 N–H and O–H groups in total. The third kappa shape index (κ3) is 5.53. The molecule has 0 saturated heterocycles. The molecular formula is C23H29N5O4. The Morgan fingerprint density at radius 3 is 2.62 bits per heavy atom. The molecule has 1 aromatic carbocycles. The van der Waals surface area contributed by atoms with E-state index in [1.165, 1.54) is 6.92 Å². The van der Waals surface area contributed by atoms with Crippen LogP contribution in [-0.4, -0.2) is 50.3 Å². The molecule has 9 heteroatoms. The fourth-order valence-electron chi connectivity index (χ4n) is 3.89. The molecule has 1 fully saturated rings. The number of benzene rings is 1. The fraction of sp³-hybridized carbons (Fsp3) is 0.478. The van der Waals surface area contributed by atoms with Gasteiger partial charge in [-0.05, 0) is 50.8 Å². The lowest BCUT2D eigenvalue weighted by molar-refractivity contribution is -0.120. The van der Waals surface area contributed by atoms with E-state index in [1.807, 2.05) is 36.7 Å². The van der Waals surface area contributed by atoms with E-state index in [1.54, 1.807) is 18.5 Å². The Morgan fingerprint density at radius 2 is 1.91 bits per heavy atom. The van der Waals surface area contributed by atoms with Crippen LogP contribution in [0.1, 0.15) is 39.5 Å². The molecule has 32 heavy (non-hydrogen) atoms. The van der Waals surface area contributed by atoms with E-state index in [9.17, 15) is 4.79 Å². The highest BCUT2D eigenvalue weighted by Crippen LogP contribution is 2.29. The molecule has 9 nitrogen and oxygen atoms in total. The molecule has 0 unspecified atom stereocenters. The van der Waals surface area contributed by atoms with E-state index < -0.39 is 0 Å². The van der Waals surface area contributed by atoms with Gasteiger partial charge in [-0.25, -0.2) is 9.97 Å². The van der Waals surface area contributed by atoms with Crippen molar-refractivity contribution in [2.45, 2.75) is 57.8 Å². The SMILES string of the molecule is CC(=O)N[C@@H](C)COC1CCC(Oc2nc3ccc(Oc4ncccn4)cc3n2C)CC1. The van der Waals surface area contributed by atoms with Crippen molar-refractivity contribution in [2.24, 2.45) is 7.05 Å². The molecule has 1 saturated carbocycles. The van der Waals surface area contributed by atoms with Gasteiger partial charge in [0.2, 0.25) is 5.91 Å². The largest absolute Gasteiger partial charge is 0.461 e. The van der Waals surface area contributed by atoms with Gasteiger partial charge in [-0.15, -0.1) is 0 Å². The van der Waals surface area contributed by atoms with Gasteiger partial charge in [0.25, 0.3) is 6.01 Å². The first-order chi connectivity index (χ1) is 15.5. The molecule has 1 aliphatic carbocycles. The zero-order chi connectivity index (χ0) is 22.5. The zero-order valence-corrected chi connectivity index (χ0v) is 18.7. The summed E-state index contributed by atoms with van der Waals surface area (Å²) in [5.41, 5.74) is 1.75. The molecular weight excluding hydrogens is 410 g/mol. The smallest absolute Gasteiger partial charge is 0.321 e. The number of hydrogen-bond acceptors (Lipinski definition) is 7. The molecule has 170 valence electrons. The highest BCUT2D eigenvalue weighted by Gasteiger charge is 2.25. The van der Waals surface area contributed by atoms with Gasteiger partial charge < -0.3 is 19.5 Å². The summed E-state index contributed by atoms with van der Waals surface area (Å²) in [5, 5.41) is 2.84. The minimum Gasteiger partial charge on any atom is -0.461 e. The maximum Gasteiger partial charge on any atom is 0.321 e. The molecule has 4 rings (SSSR count). The van der Waals surface area contributed by atoms with Crippen molar-refractivity contribution < 1.29 is 19.0 Å². The van der Waals surface area contributed by atoms with E-state index in [2.05, 4.69) is 20.3 Å². The lowest BCUT2D eigenvalue weighted by Crippen LogP contribution is -2.37. The standard InChI is InChI=1S/C23H29N5O4/c1-15(26-16(2)29)14-30-17-5-7-18(8-6-17)32-23-27-20-10-9-19(13-21(20)28(23)3)31-22-24-11-4-12-25-22/h4,9-13,15,17-18H,5-8,14H2,1-3H3,(H,26,29)/t15-,17?,18?/m0/s1. The van der Waals surface area contributed by atoms with E-state index in [0.717, 1.165) is 36.7 Å². The van der Waals surface area contributed by atoms with Crippen LogP contribution < -0.4 is 14.8 Å². The lowest BCUT2D eigenvalue weighted by atomic mass is 9.95. The second-order valence-corrected chi connectivity index (χ2v) is 8.19. The second kappa shape index (κ2) is 9.95. The Balaban J connectivity index is 1.33. The van der Waals surface area contributed by atoms with E-state index in [4.69, 9.17) is 14.2 Å². The predicted octanol–water partition coefficient (Wildman–Crippen LogP) is 3.39. The molecule has 2 aromatic heterocycles. The summed E-state index contributed by atoms with van der Waals surface area (Å²) in [5.74, 6) is 0.608. The van der Waals surface area contributed by atoms with Gasteiger partial charge in [-0.2, -0.15) is 4.98 Å². The molecule has 0 spiro atoms. The maximum atomic E-state index is 11.1. The fourth-order valence-corrected chi connectivity index (χ4v) is 3.89. The minimum absolute atomic E-state index is 0.0174. The van der Waals surface area contributed by atoms with Crippen molar-refractivity contribution in [3.8, 4) is 17.8 Å². The number of aromatic nitrogens is 4. The first-order valence-corrected chi connectivity index (χ1v) is 10.9. The summed E-state index contributed by atoms with van der Waals surface area (Å²) in [4.78, 5) is 23.9. The molecule has 0 radical (unpaired) electrons. The Hall–Kier alpha value is -3.20. The number of amides is 1. The van der Waals surface area contributed by atoms with Crippen LogP contribution in [0.4, 0.5) is 0 Å². The first-order valence-electron chi connectivity index (χ1n) is 10.9. The highest BCUT2D eigenvalue weighted by molar-refractivity contribution is 5.78. The van der Waals surface area contributed by atoms with Gasteiger partial charge in [0.15, 0.2) is 0 Å². The van der Waals surface area contributed by atoms with Crippen LogP contribution in [0.25, 0.3) is 11.0 Å². The Labute approximate surface area is 187 Å². The number of carbonyl (C=O) groups is 1. The van der Waals surface area contributed by atoms with Crippen molar-refractivity contribution in [1.29, 1.82) is 0 Å². The van der Waals surface area contributed by atoms with Crippen LogP contribution in [-0.2, 0) is 16.6 Å². The normalized spacial score (nSPS) is 19.5. The number of aryl methyl sites for hydroxylation is 1. The Kier molecular flexibility index (Phi) is 6.84. The highest BCUT2D eigenvalue weighted by atomic mass is 16.5. The predicted molar refractivity (Wildman–Crippen MR) is 119 cm³/mol. The molecule has 1 aliphatic rings. The lowest BCUT2D eigenvalue weighted by Gasteiger charge is -2.29. The molecule has 3 aromatic rings. The third-order valence-electron chi connectivity index (χ3n) is 5.49. The molecule has 1 amide bonds. The summed E-state index contributed by atoms with van der Waals surface area (Å²) in [6, 6.07) is 8.32. The van der Waals surface area contributed by atoms with Crippen molar-refractivity contribution in [3.63, 3.8) is 0 Å². The minimum atomic E-state index is -0.0345. The molecule has 0 aliphatic heterocycles. The summed E-state index contributed by atoms with van der Waals surface area (Å²) >= 11 is 0. The van der Waals surface area contributed by atoms with Crippen molar-refractivity contribution in [1.82, 2.24) is 24.8 Å². The van der Waals surface area contributed by atoms with Gasteiger partial charge in [-0.3, -0.25) is 9.36 Å². The van der Waals surface area contributed by atoms with E-state index in [0.29, 0.717) is 24.4 Å². The number of imidazole rings is 1. The number of rotatable bonds is 8. The number of fused-ring (bicyclic) bond motifs is 1. The average molecular weight is 440 g/mol. The summed E-state index contributed by atoms with van der Waals surface area (Å²) in [6.07, 6.45) is 7.25. The topological polar surface area (TPSA) is 100 Å². The maximum absolute atomic E-state index is 11.1. The van der Waals surface area contributed by atoms with Crippen molar-refractivity contribution in [2.75, 3.05) is 6.61 Å². The van der Waals surface area contributed by atoms with Crippen LogP contribution >= 0.6 is 0 Å². The molecule has 0 bridgehead atoms. The van der Waals surface area contributed by atoms with Crippen molar-refractivity contribution in [3.05, 3.63) is 36.7 Å². The van der Waals surface area contributed by atoms with E-state index >= 15 is 0 Å².